The number of carbonyl (C=O) groups is 2. The Morgan fingerprint density at radius 3 is 2.81 bits per heavy atom. The molecule has 144 valence electrons. The van der Waals surface area contributed by atoms with Crippen LogP contribution in [0.25, 0.3) is 10.8 Å². The van der Waals surface area contributed by atoms with Crippen LogP contribution in [0.1, 0.15) is 18.9 Å². The van der Waals surface area contributed by atoms with E-state index in [0.29, 0.717) is 32.7 Å². The van der Waals surface area contributed by atoms with Crippen molar-refractivity contribution in [2.75, 3.05) is 32.8 Å². The van der Waals surface area contributed by atoms with Gasteiger partial charge in [0.25, 0.3) is 0 Å². The van der Waals surface area contributed by atoms with Crippen molar-refractivity contribution in [3.8, 4) is 0 Å². The van der Waals surface area contributed by atoms with E-state index >= 15 is 0 Å². The van der Waals surface area contributed by atoms with Gasteiger partial charge in [-0.05, 0) is 23.3 Å². The average molecular weight is 369 g/mol. The highest BCUT2D eigenvalue weighted by Crippen LogP contribution is 2.22. The average Bonchev–Trinajstić information content (AvgIpc) is 2.69. The molecular weight excluding hydrogens is 342 g/mol. The predicted octanol–water partition coefficient (Wildman–Crippen LogP) is 1.37. The number of amides is 2. The molecule has 1 saturated heterocycles. The second-order valence-corrected chi connectivity index (χ2v) is 6.82. The Labute approximate surface area is 159 Å². The lowest BCUT2D eigenvalue weighted by Gasteiger charge is -2.36. The summed E-state index contributed by atoms with van der Waals surface area (Å²) in [7, 11) is 0. The fourth-order valence-electron chi connectivity index (χ4n) is 3.70. The highest BCUT2D eigenvalue weighted by molar-refractivity contribution is 5.89. The number of aliphatic hydroxyl groups excluding tert-OH is 1. The second kappa shape index (κ2) is 8.97. The summed E-state index contributed by atoms with van der Waals surface area (Å²) in [5.41, 5.74) is 1.16. The Morgan fingerprint density at radius 2 is 2.04 bits per heavy atom. The van der Waals surface area contributed by atoms with E-state index in [-0.39, 0.29) is 24.8 Å². The zero-order valence-electron chi connectivity index (χ0n) is 15.7. The second-order valence-electron chi connectivity index (χ2n) is 6.82. The van der Waals surface area contributed by atoms with Crippen LogP contribution in [0.4, 0.5) is 0 Å². The fourth-order valence-corrected chi connectivity index (χ4v) is 3.70. The van der Waals surface area contributed by atoms with Crippen molar-refractivity contribution in [3.63, 3.8) is 0 Å². The van der Waals surface area contributed by atoms with Crippen LogP contribution in [0.2, 0.25) is 0 Å². The molecule has 0 saturated carbocycles. The van der Waals surface area contributed by atoms with E-state index in [1.54, 1.807) is 4.90 Å². The molecule has 0 aromatic heterocycles. The molecule has 0 bridgehead atoms. The largest absolute Gasteiger partial charge is 0.395 e. The van der Waals surface area contributed by atoms with Gasteiger partial charge in [-0.3, -0.25) is 14.5 Å². The molecule has 0 radical (unpaired) electrons. The van der Waals surface area contributed by atoms with Crippen LogP contribution >= 0.6 is 0 Å². The summed E-state index contributed by atoms with van der Waals surface area (Å²) in [6.07, 6.45) is 0.129. The molecule has 3 rings (SSSR count). The van der Waals surface area contributed by atoms with Gasteiger partial charge in [0.15, 0.2) is 0 Å². The number of hydrogen-bond acceptors (Lipinski definition) is 4. The van der Waals surface area contributed by atoms with Crippen LogP contribution in [0.3, 0.4) is 0 Å². The number of rotatable bonds is 7. The first-order valence-electron chi connectivity index (χ1n) is 9.51. The van der Waals surface area contributed by atoms with E-state index in [4.69, 9.17) is 5.11 Å². The first-order chi connectivity index (χ1) is 13.1. The maximum atomic E-state index is 12.6. The first-order valence-corrected chi connectivity index (χ1v) is 9.51. The zero-order chi connectivity index (χ0) is 19.2. The van der Waals surface area contributed by atoms with Crippen molar-refractivity contribution >= 4 is 22.6 Å². The Morgan fingerprint density at radius 1 is 1.26 bits per heavy atom. The highest BCUT2D eigenvalue weighted by atomic mass is 16.3. The predicted molar refractivity (Wildman–Crippen MR) is 105 cm³/mol. The van der Waals surface area contributed by atoms with Gasteiger partial charge in [0.1, 0.15) is 0 Å². The highest BCUT2D eigenvalue weighted by Gasteiger charge is 2.32. The summed E-state index contributed by atoms with van der Waals surface area (Å²) in [6, 6.07) is 13.9. The molecule has 0 spiro atoms. The van der Waals surface area contributed by atoms with Crippen molar-refractivity contribution in [2.45, 2.75) is 25.9 Å². The van der Waals surface area contributed by atoms with E-state index in [9.17, 15) is 9.59 Å². The number of hydrogen-bond donors (Lipinski definition) is 2. The van der Waals surface area contributed by atoms with Gasteiger partial charge in [-0.15, -0.1) is 0 Å². The molecule has 27 heavy (non-hydrogen) atoms. The van der Waals surface area contributed by atoms with Crippen molar-refractivity contribution in [3.05, 3.63) is 48.0 Å². The quantitative estimate of drug-likeness (QED) is 0.773. The third-order valence-electron chi connectivity index (χ3n) is 5.17. The SMILES string of the molecule is CCN(CCO)C(=O)CC1C(=O)NCCN1Cc1cccc2ccccc12. The molecule has 1 heterocycles. The topological polar surface area (TPSA) is 72.9 Å². The number of nitrogens with zero attached hydrogens (tertiary/aromatic N) is 2. The fraction of sp³-hybridized carbons (Fsp3) is 0.429. The summed E-state index contributed by atoms with van der Waals surface area (Å²) >= 11 is 0. The minimum atomic E-state index is -0.488. The minimum Gasteiger partial charge on any atom is -0.395 e. The number of aliphatic hydroxyl groups is 1. The van der Waals surface area contributed by atoms with E-state index < -0.39 is 6.04 Å². The molecule has 2 aromatic rings. The molecule has 1 fully saturated rings. The standard InChI is InChI=1S/C21H27N3O3/c1-2-23(12-13-25)20(26)14-19-21(27)22-10-11-24(19)15-17-8-5-7-16-6-3-4-9-18(16)17/h3-9,19,25H,2,10-15H2,1H3,(H,22,27). The molecular formula is C21H27N3O3. The Kier molecular flexibility index (Phi) is 6.42. The Hall–Kier alpha value is -2.44. The molecule has 1 aliphatic heterocycles. The number of fused-ring (bicyclic) bond motifs is 1. The smallest absolute Gasteiger partial charge is 0.237 e. The summed E-state index contributed by atoms with van der Waals surface area (Å²) in [5.74, 6) is -0.202. The van der Waals surface area contributed by atoms with E-state index in [0.717, 1.165) is 5.56 Å². The molecule has 2 amide bonds. The summed E-state index contributed by atoms with van der Waals surface area (Å²) in [6.45, 7) is 4.54. The van der Waals surface area contributed by atoms with Crippen LogP contribution in [0, 0.1) is 0 Å². The van der Waals surface area contributed by atoms with Gasteiger partial charge in [0.2, 0.25) is 11.8 Å². The monoisotopic (exact) mass is 369 g/mol. The van der Waals surface area contributed by atoms with Gasteiger partial charge < -0.3 is 15.3 Å². The number of carbonyl (C=O) groups excluding carboxylic acids is 2. The van der Waals surface area contributed by atoms with Crippen LogP contribution in [0.5, 0.6) is 0 Å². The third kappa shape index (κ3) is 4.46. The summed E-state index contributed by atoms with van der Waals surface area (Å²) < 4.78 is 0. The number of benzene rings is 2. The number of nitrogens with one attached hydrogen (secondary N) is 1. The molecule has 1 atom stereocenters. The molecule has 0 aliphatic carbocycles. The first kappa shape index (κ1) is 19.3. The van der Waals surface area contributed by atoms with Crippen molar-refractivity contribution in [2.24, 2.45) is 0 Å². The normalized spacial score (nSPS) is 17.7. The summed E-state index contributed by atoms with van der Waals surface area (Å²) in [4.78, 5) is 28.8. The molecule has 1 aliphatic rings. The van der Waals surface area contributed by atoms with E-state index in [1.807, 2.05) is 25.1 Å². The molecule has 2 aromatic carbocycles. The van der Waals surface area contributed by atoms with Gasteiger partial charge in [0, 0.05) is 32.7 Å². The molecule has 2 N–H and O–H groups in total. The van der Waals surface area contributed by atoms with Crippen molar-refractivity contribution in [1.82, 2.24) is 15.1 Å². The van der Waals surface area contributed by atoms with Crippen molar-refractivity contribution < 1.29 is 14.7 Å². The molecule has 6 heteroatoms. The molecule has 1 unspecified atom stereocenters. The lowest BCUT2D eigenvalue weighted by molar-refractivity contribution is -0.139. The van der Waals surface area contributed by atoms with Crippen LogP contribution in [-0.2, 0) is 16.1 Å². The van der Waals surface area contributed by atoms with Gasteiger partial charge >= 0.3 is 0 Å². The Bertz CT molecular complexity index is 803. The van der Waals surface area contributed by atoms with Crippen LogP contribution in [-0.4, -0.2) is 65.5 Å². The zero-order valence-corrected chi connectivity index (χ0v) is 15.7. The van der Waals surface area contributed by atoms with Crippen LogP contribution < -0.4 is 5.32 Å². The van der Waals surface area contributed by atoms with E-state index in [2.05, 4.69) is 34.5 Å². The van der Waals surface area contributed by atoms with Gasteiger partial charge in [-0.1, -0.05) is 42.5 Å². The maximum absolute atomic E-state index is 12.6. The van der Waals surface area contributed by atoms with Crippen LogP contribution in [0.15, 0.2) is 42.5 Å². The number of likely N-dealkylation sites (N-methyl/N-ethyl adjacent to an activating group) is 1. The lowest BCUT2D eigenvalue weighted by atomic mass is 10.0. The summed E-state index contributed by atoms with van der Waals surface area (Å²) in [5, 5.41) is 14.4. The minimum absolute atomic E-state index is 0.0733. The maximum Gasteiger partial charge on any atom is 0.237 e. The molecule has 6 nitrogen and oxygen atoms in total. The Balaban J connectivity index is 1.79. The third-order valence-corrected chi connectivity index (χ3v) is 5.17. The van der Waals surface area contributed by atoms with E-state index in [1.165, 1.54) is 10.8 Å². The number of piperazine rings is 1. The van der Waals surface area contributed by atoms with Crippen molar-refractivity contribution in [1.29, 1.82) is 0 Å². The van der Waals surface area contributed by atoms with Gasteiger partial charge in [0.05, 0.1) is 19.1 Å². The lowest BCUT2D eigenvalue weighted by Crippen LogP contribution is -2.56. The van der Waals surface area contributed by atoms with Gasteiger partial charge in [-0.2, -0.15) is 0 Å². The van der Waals surface area contributed by atoms with Gasteiger partial charge in [-0.25, -0.2) is 0 Å².